The molecule has 0 amide bonds. The zero-order valence-electron chi connectivity index (χ0n) is 8.37. The van der Waals surface area contributed by atoms with Crippen LogP contribution in [0.3, 0.4) is 0 Å². The SMILES string of the molecule is O=Cc1ccnc(-n2cnc(C(=O)O)c2)c1F. The molecule has 2 rings (SSSR count). The standard InChI is InChI=1S/C10H6FN3O3/c11-8-6(4-15)1-2-12-9(8)14-3-7(10(16)17)13-5-14/h1-5H,(H,16,17). The van der Waals surface area contributed by atoms with E-state index in [1.165, 1.54) is 12.3 Å². The molecule has 0 radical (unpaired) electrons. The second kappa shape index (κ2) is 4.12. The lowest BCUT2D eigenvalue weighted by Gasteiger charge is -2.03. The molecule has 2 heterocycles. The van der Waals surface area contributed by atoms with E-state index in [9.17, 15) is 14.0 Å². The molecule has 0 atom stereocenters. The molecule has 6 nitrogen and oxygen atoms in total. The average Bonchev–Trinajstić information content (AvgIpc) is 2.78. The van der Waals surface area contributed by atoms with Gasteiger partial charge in [-0.2, -0.15) is 0 Å². The van der Waals surface area contributed by atoms with E-state index in [-0.39, 0.29) is 17.1 Å². The van der Waals surface area contributed by atoms with Crippen molar-refractivity contribution in [3.63, 3.8) is 0 Å². The van der Waals surface area contributed by atoms with Crippen LogP contribution in [0.5, 0.6) is 0 Å². The van der Waals surface area contributed by atoms with E-state index < -0.39 is 11.8 Å². The van der Waals surface area contributed by atoms with Gasteiger partial charge in [-0.05, 0) is 6.07 Å². The third-order valence-corrected chi connectivity index (χ3v) is 2.07. The Labute approximate surface area is 94.4 Å². The number of carbonyl (C=O) groups excluding carboxylic acids is 1. The molecule has 0 unspecified atom stereocenters. The average molecular weight is 235 g/mol. The van der Waals surface area contributed by atoms with Gasteiger partial charge < -0.3 is 5.11 Å². The van der Waals surface area contributed by atoms with Crippen molar-refractivity contribution in [3.8, 4) is 5.82 Å². The predicted octanol–water partition coefficient (Wildman–Crippen LogP) is 0.917. The Balaban J connectivity index is 2.52. The second-order valence-electron chi connectivity index (χ2n) is 3.13. The minimum atomic E-state index is -1.23. The summed E-state index contributed by atoms with van der Waals surface area (Å²) in [5.41, 5.74) is -0.386. The number of carbonyl (C=O) groups is 2. The van der Waals surface area contributed by atoms with Gasteiger partial charge in [0.1, 0.15) is 6.33 Å². The zero-order chi connectivity index (χ0) is 12.4. The molecule has 0 fully saturated rings. The van der Waals surface area contributed by atoms with Crippen LogP contribution in [0, 0.1) is 5.82 Å². The van der Waals surface area contributed by atoms with Gasteiger partial charge in [-0.3, -0.25) is 9.36 Å². The minimum absolute atomic E-state index is 0.152. The Bertz CT molecular complexity index is 594. The summed E-state index contributed by atoms with van der Waals surface area (Å²) in [7, 11) is 0. The maximum absolute atomic E-state index is 13.7. The van der Waals surface area contributed by atoms with Gasteiger partial charge in [0.05, 0.1) is 5.56 Å². The topological polar surface area (TPSA) is 85.1 Å². The second-order valence-corrected chi connectivity index (χ2v) is 3.13. The lowest BCUT2D eigenvalue weighted by Crippen LogP contribution is -2.02. The Morgan fingerprint density at radius 2 is 2.24 bits per heavy atom. The molecule has 1 N–H and O–H groups in total. The summed E-state index contributed by atoms with van der Waals surface area (Å²) >= 11 is 0. The molecule has 86 valence electrons. The van der Waals surface area contributed by atoms with Crippen LogP contribution in [0.2, 0.25) is 0 Å². The molecular formula is C10H6FN3O3. The van der Waals surface area contributed by atoms with Gasteiger partial charge in [-0.1, -0.05) is 0 Å². The number of rotatable bonds is 3. The summed E-state index contributed by atoms with van der Waals surface area (Å²) in [6, 6.07) is 1.22. The third kappa shape index (κ3) is 1.89. The molecule has 0 aromatic carbocycles. The van der Waals surface area contributed by atoms with Crippen molar-refractivity contribution in [1.82, 2.24) is 14.5 Å². The van der Waals surface area contributed by atoms with Crippen LogP contribution in [-0.2, 0) is 0 Å². The summed E-state index contributed by atoms with van der Waals surface area (Å²) in [6.45, 7) is 0. The molecule has 0 saturated carbocycles. The fourth-order valence-corrected chi connectivity index (χ4v) is 1.27. The van der Waals surface area contributed by atoms with Crippen LogP contribution in [-0.4, -0.2) is 31.9 Å². The first-order chi connectivity index (χ1) is 8.13. The Kier molecular flexibility index (Phi) is 2.65. The number of aromatic carboxylic acids is 1. The summed E-state index contributed by atoms with van der Waals surface area (Å²) < 4.78 is 14.8. The van der Waals surface area contributed by atoms with Gasteiger partial charge in [0.25, 0.3) is 0 Å². The van der Waals surface area contributed by atoms with Crippen molar-refractivity contribution in [2.75, 3.05) is 0 Å². The van der Waals surface area contributed by atoms with Crippen LogP contribution in [0.15, 0.2) is 24.8 Å². The molecule has 0 aliphatic heterocycles. The van der Waals surface area contributed by atoms with E-state index in [4.69, 9.17) is 5.11 Å². The molecule has 0 aliphatic rings. The first-order valence-corrected chi connectivity index (χ1v) is 4.51. The highest BCUT2D eigenvalue weighted by molar-refractivity contribution is 5.85. The third-order valence-electron chi connectivity index (χ3n) is 2.07. The van der Waals surface area contributed by atoms with Crippen molar-refractivity contribution in [3.05, 3.63) is 41.9 Å². The molecule has 0 bridgehead atoms. The maximum Gasteiger partial charge on any atom is 0.356 e. The van der Waals surface area contributed by atoms with Gasteiger partial charge in [0.2, 0.25) is 0 Å². The summed E-state index contributed by atoms with van der Waals surface area (Å²) in [5.74, 6) is -2.22. The minimum Gasteiger partial charge on any atom is -0.476 e. The van der Waals surface area contributed by atoms with Gasteiger partial charge in [-0.15, -0.1) is 0 Å². The number of pyridine rings is 1. The number of carboxylic acids is 1. The highest BCUT2D eigenvalue weighted by Crippen LogP contribution is 2.13. The number of carboxylic acid groups (broad SMARTS) is 1. The highest BCUT2D eigenvalue weighted by Gasteiger charge is 2.13. The van der Waals surface area contributed by atoms with Crippen LogP contribution in [0.25, 0.3) is 5.82 Å². The lowest BCUT2D eigenvalue weighted by atomic mass is 10.2. The Morgan fingerprint density at radius 3 is 2.82 bits per heavy atom. The predicted molar refractivity (Wildman–Crippen MR) is 53.7 cm³/mol. The van der Waals surface area contributed by atoms with E-state index in [0.717, 1.165) is 17.1 Å². The zero-order valence-corrected chi connectivity index (χ0v) is 8.37. The largest absolute Gasteiger partial charge is 0.476 e. The quantitative estimate of drug-likeness (QED) is 0.799. The van der Waals surface area contributed by atoms with Crippen LogP contribution in [0.1, 0.15) is 20.8 Å². The molecule has 2 aromatic heterocycles. The van der Waals surface area contributed by atoms with Crippen molar-refractivity contribution in [1.29, 1.82) is 0 Å². The van der Waals surface area contributed by atoms with Crippen molar-refractivity contribution < 1.29 is 19.1 Å². The van der Waals surface area contributed by atoms with E-state index in [1.54, 1.807) is 0 Å². The molecule has 0 saturated heterocycles. The van der Waals surface area contributed by atoms with Gasteiger partial charge in [0.15, 0.2) is 23.6 Å². The van der Waals surface area contributed by atoms with E-state index in [2.05, 4.69) is 9.97 Å². The summed E-state index contributed by atoms with van der Waals surface area (Å²) in [5, 5.41) is 8.67. The number of hydrogen-bond donors (Lipinski definition) is 1. The first-order valence-electron chi connectivity index (χ1n) is 4.51. The number of halogens is 1. The molecule has 7 heteroatoms. The fraction of sp³-hybridized carbons (Fsp3) is 0. The number of hydrogen-bond acceptors (Lipinski definition) is 4. The van der Waals surface area contributed by atoms with E-state index in [1.807, 2.05) is 0 Å². The van der Waals surface area contributed by atoms with Gasteiger partial charge in [0, 0.05) is 12.4 Å². The highest BCUT2D eigenvalue weighted by atomic mass is 19.1. The number of imidazole rings is 1. The number of nitrogens with zero attached hydrogens (tertiary/aromatic N) is 3. The Hall–Kier alpha value is -2.57. The van der Waals surface area contributed by atoms with E-state index in [0.29, 0.717) is 6.29 Å². The maximum atomic E-state index is 13.7. The molecule has 0 spiro atoms. The summed E-state index contributed by atoms with van der Waals surface area (Å²) in [6.07, 6.45) is 3.84. The van der Waals surface area contributed by atoms with Crippen LogP contribution in [0.4, 0.5) is 4.39 Å². The summed E-state index contributed by atoms with van der Waals surface area (Å²) in [4.78, 5) is 28.4. The van der Waals surface area contributed by atoms with Crippen molar-refractivity contribution in [2.24, 2.45) is 0 Å². The fourth-order valence-electron chi connectivity index (χ4n) is 1.27. The number of aromatic nitrogens is 3. The van der Waals surface area contributed by atoms with Crippen molar-refractivity contribution in [2.45, 2.75) is 0 Å². The molecule has 0 aliphatic carbocycles. The molecule has 2 aromatic rings. The van der Waals surface area contributed by atoms with Gasteiger partial charge >= 0.3 is 5.97 Å². The molecule has 17 heavy (non-hydrogen) atoms. The lowest BCUT2D eigenvalue weighted by molar-refractivity contribution is 0.0691. The smallest absolute Gasteiger partial charge is 0.356 e. The van der Waals surface area contributed by atoms with Crippen LogP contribution < -0.4 is 0 Å². The monoisotopic (exact) mass is 235 g/mol. The molecular weight excluding hydrogens is 229 g/mol. The first kappa shape index (κ1) is 10.9. The number of aldehydes is 1. The van der Waals surface area contributed by atoms with Crippen LogP contribution >= 0.6 is 0 Å². The normalized spacial score (nSPS) is 10.2. The van der Waals surface area contributed by atoms with Gasteiger partial charge in [-0.25, -0.2) is 19.2 Å². The van der Waals surface area contributed by atoms with Crippen molar-refractivity contribution >= 4 is 12.3 Å². The Morgan fingerprint density at radius 1 is 1.47 bits per heavy atom. The van der Waals surface area contributed by atoms with E-state index >= 15 is 0 Å².